The number of nitrogens with zero attached hydrogens (tertiary/aromatic N) is 3. The number of carbonyl (C=O) groups excluding carboxylic acids is 2. The molecule has 0 heterocycles. The zero-order valence-electron chi connectivity index (χ0n) is 14.6. The highest BCUT2D eigenvalue weighted by molar-refractivity contribution is 6.04. The van der Waals surface area contributed by atoms with Crippen LogP contribution in [0.25, 0.3) is 0 Å². The molecular weight excluding hydrogens is 354 g/mol. The lowest BCUT2D eigenvalue weighted by Crippen LogP contribution is -2.65. The van der Waals surface area contributed by atoms with E-state index in [-0.39, 0.29) is 6.54 Å². The van der Waals surface area contributed by atoms with Crippen molar-refractivity contribution in [3.8, 4) is 0 Å². The Hall–Kier alpha value is -2.77. The number of hydrazine groups is 2. The van der Waals surface area contributed by atoms with Crippen LogP contribution in [0.4, 0.5) is 0 Å². The average Bonchev–Trinajstić information content (AvgIpc) is 2.54. The van der Waals surface area contributed by atoms with E-state index < -0.39 is 55.4 Å². The van der Waals surface area contributed by atoms with Gasteiger partial charge < -0.3 is 26.0 Å². The number of aliphatic carboxylic acids is 3. The first kappa shape index (κ1) is 23.2. The minimum Gasteiger partial charge on any atom is -0.480 e. The van der Waals surface area contributed by atoms with E-state index in [1.807, 2.05) is 0 Å². The summed E-state index contributed by atoms with van der Waals surface area (Å²) in [6.45, 7) is -1.17. The molecule has 0 aromatic heterocycles. The van der Waals surface area contributed by atoms with Crippen LogP contribution < -0.4 is 10.6 Å². The molecule has 0 spiro atoms. The molecule has 0 aromatic rings. The zero-order chi connectivity index (χ0) is 20.4. The van der Waals surface area contributed by atoms with Crippen molar-refractivity contribution < 1.29 is 39.3 Å². The number of rotatable bonds is 12. The van der Waals surface area contributed by atoms with Gasteiger partial charge in [0, 0.05) is 20.6 Å². The van der Waals surface area contributed by atoms with Crippen molar-refractivity contribution in [2.24, 2.45) is 0 Å². The Morgan fingerprint density at radius 2 is 1.19 bits per heavy atom. The molecule has 0 unspecified atom stereocenters. The predicted octanol–water partition coefficient (Wildman–Crippen LogP) is -3.14. The molecule has 0 saturated heterocycles. The van der Waals surface area contributed by atoms with Gasteiger partial charge in [0.2, 0.25) is 11.8 Å². The van der Waals surface area contributed by atoms with Crippen LogP contribution in [-0.4, -0.2) is 106 Å². The van der Waals surface area contributed by atoms with E-state index in [4.69, 9.17) is 15.3 Å². The van der Waals surface area contributed by atoms with E-state index in [2.05, 4.69) is 10.6 Å². The Kier molecular flexibility index (Phi) is 9.80. The maximum absolute atomic E-state index is 12.1. The zero-order valence-corrected chi connectivity index (χ0v) is 14.6. The second-order valence-electron chi connectivity index (χ2n) is 4.92. The fourth-order valence-electron chi connectivity index (χ4n) is 2.15. The Balaban J connectivity index is 6.08. The van der Waals surface area contributed by atoms with Gasteiger partial charge in [-0.3, -0.25) is 24.0 Å². The Labute approximate surface area is 149 Å². The van der Waals surface area contributed by atoms with E-state index in [1.165, 1.54) is 21.0 Å². The van der Waals surface area contributed by atoms with E-state index >= 15 is 0 Å². The first-order valence-corrected chi connectivity index (χ1v) is 7.46. The van der Waals surface area contributed by atoms with Crippen molar-refractivity contribution in [3.05, 3.63) is 0 Å². The quantitative estimate of drug-likeness (QED) is 0.171. The number of hydrogen-bond acceptors (Lipinski definition) is 8. The van der Waals surface area contributed by atoms with Crippen LogP contribution in [0.5, 0.6) is 0 Å². The lowest BCUT2D eigenvalue weighted by atomic mass is 10.2. The highest BCUT2D eigenvalue weighted by atomic mass is 16.4. The van der Waals surface area contributed by atoms with Gasteiger partial charge in [-0.15, -0.1) is 0 Å². The standard InChI is InChI=1S/C13H23N5O8/c1-4-17(11(12(25)14-2)13(26)15-3)18(7-10(23)24)16(5-8(19)20)6-9(21)22/h11H,4-7H2,1-3H3,(H,14,25)(H,15,26)(H,19,20)(H,21,22)(H,23,24). The van der Waals surface area contributed by atoms with E-state index in [0.29, 0.717) is 5.01 Å². The minimum atomic E-state index is -1.54. The summed E-state index contributed by atoms with van der Waals surface area (Å²) in [6, 6.07) is -1.54. The largest absolute Gasteiger partial charge is 0.480 e. The molecule has 0 aliphatic carbocycles. The molecule has 0 saturated carbocycles. The second kappa shape index (κ2) is 11.0. The van der Waals surface area contributed by atoms with Crippen molar-refractivity contribution in [3.63, 3.8) is 0 Å². The average molecular weight is 377 g/mol. The number of carboxylic acid groups (broad SMARTS) is 3. The summed E-state index contributed by atoms with van der Waals surface area (Å²) < 4.78 is 0. The Morgan fingerprint density at radius 1 is 0.808 bits per heavy atom. The second-order valence-corrected chi connectivity index (χ2v) is 4.92. The molecule has 0 aromatic carbocycles. The van der Waals surface area contributed by atoms with Gasteiger partial charge in [-0.1, -0.05) is 6.92 Å². The molecule has 13 heteroatoms. The summed E-state index contributed by atoms with van der Waals surface area (Å²) in [7, 11) is 2.53. The van der Waals surface area contributed by atoms with Gasteiger partial charge in [-0.25, -0.2) is 10.0 Å². The van der Waals surface area contributed by atoms with Gasteiger partial charge in [0.05, 0.1) is 0 Å². The van der Waals surface area contributed by atoms with Crippen LogP contribution in [0.15, 0.2) is 0 Å². The number of nitrogens with one attached hydrogen (secondary N) is 2. The molecule has 0 fully saturated rings. The third kappa shape index (κ3) is 7.00. The topological polar surface area (TPSA) is 180 Å². The van der Waals surface area contributed by atoms with Crippen LogP contribution in [0.3, 0.4) is 0 Å². The van der Waals surface area contributed by atoms with Crippen molar-refractivity contribution in [1.82, 2.24) is 25.8 Å². The monoisotopic (exact) mass is 377 g/mol. The van der Waals surface area contributed by atoms with Gasteiger partial charge in [0.25, 0.3) is 0 Å². The molecule has 148 valence electrons. The number of hydrogen-bond donors (Lipinski definition) is 5. The lowest BCUT2D eigenvalue weighted by Gasteiger charge is -2.42. The normalized spacial score (nSPS) is 11.0. The first-order valence-electron chi connectivity index (χ1n) is 7.46. The maximum Gasteiger partial charge on any atom is 0.320 e. The fourth-order valence-corrected chi connectivity index (χ4v) is 2.15. The SMILES string of the molecule is CCN(C(C(=O)NC)C(=O)NC)N(CC(=O)O)N(CC(=O)O)CC(=O)O. The molecule has 5 N–H and O–H groups in total. The van der Waals surface area contributed by atoms with Crippen LogP contribution in [0, 0.1) is 0 Å². The van der Waals surface area contributed by atoms with E-state index in [0.717, 1.165) is 10.1 Å². The van der Waals surface area contributed by atoms with Crippen LogP contribution in [0.1, 0.15) is 6.92 Å². The summed E-state index contributed by atoms with van der Waals surface area (Å²) in [5.74, 6) is -5.83. The van der Waals surface area contributed by atoms with Crippen molar-refractivity contribution in [2.75, 3.05) is 40.3 Å². The van der Waals surface area contributed by atoms with Crippen molar-refractivity contribution in [1.29, 1.82) is 0 Å². The van der Waals surface area contributed by atoms with E-state index in [1.54, 1.807) is 0 Å². The summed E-state index contributed by atoms with van der Waals surface area (Å²) in [4.78, 5) is 57.6. The summed E-state index contributed by atoms with van der Waals surface area (Å²) in [6.07, 6.45) is 0. The van der Waals surface area contributed by atoms with Gasteiger partial charge >= 0.3 is 17.9 Å². The molecule has 0 rings (SSSR count). The number of likely N-dealkylation sites (N-methyl/N-ethyl adjacent to an activating group) is 3. The van der Waals surface area contributed by atoms with E-state index in [9.17, 15) is 24.0 Å². The maximum atomic E-state index is 12.1. The molecule has 0 atom stereocenters. The van der Waals surface area contributed by atoms with Crippen LogP contribution in [-0.2, 0) is 24.0 Å². The predicted molar refractivity (Wildman–Crippen MR) is 85.5 cm³/mol. The van der Waals surface area contributed by atoms with Crippen molar-refractivity contribution in [2.45, 2.75) is 13.0 Å². The van der Waals surface area contributed by atoms with Crippen LogP contribution in [0.2, 0.25) is 0 Å². The Bertz CT molecular complexity index is 523. The molecule has 26 heavy (non-hydrogen) atoms. The van der Waals surface area contributed by atoms with Gasteiger partial charge in [0.15, 0.2) is 6.04 Å². The summed E-state index contributed by atoms with van der Waals surface area (Å²) in [5.41, 5.74) is 0. The molecule has 13 nitrogen and oxygen atoms in total. The Morgan fingerprint density at radius 3 is 1.46 bits per heavy atom. The molecule has 0 bridgehead atoms. The first-order chi connectivity index (χ1) is 12.1. The van der Waals surface area contributed by atoms with Gasteiger partial charge in [0.1, 0.15) is 19.6 Å². The van der Waals surface area contributed by atoms with Crippen molar-refractivity contribution >= 4 is 29.7 Å². The lowest BCUT2D eigenvalue weighted by molar-refractivity contribution is -0.213. The third-order valence-electron chi connectivity index (χ3n) is 3.15. The molecular formula is C13H23N5O8. The highest BCUT2D eigenvalue weighted by Crippen LogP contribution is 2.11. The molecule has 2 amide bonds. The number of carbonyl (C=O) groups is 5. The summed E-state index contributed by atoms with van der Waals surface area (Å²) in [5, 5.41) is 34.1. The van der Waals surface area contributed by atoms with Gasteiger partial charge in [-0.05, 0) is 0 Å². The summed E-state index contributed by atoms with van der Waals surface area (Å²) >= 11 is 0. The third-order valence-corrected chi connectivity index (χ3v) is 3.15. The molecule has 0 radical (unpaired) electrons. The fraction of sp³-hybridized carbons (Fsp3) is 0.615. The molecule has 0 aliphatic rings. The number of carboxylic acids is 3. The van der Waals surface area contributed by atoms with Gasteiger partial charge in [-0.2, -0.15) is 5.12 Å². The smallest absolute Gasteiger partial charge is 0.320 e. The number of amides is 2. The highest BCUT2D eigenvalue weighted by Gasteiger charge is 2.38. The van der Waals surface area contributed by atoms with Crippen LogP contribution >= 0.6 is 0 Å². The minimum absolute atomic E-state index is 0.0888. The molecule has 0 aliphatic heterocycles.